The molecule has 0 radical (unpaired) electrons. The summed E-state index contributed by atoms with van der Waals surface area (Å²) in [5, 5.41) is 10.6. The van der Waals surface area contributed by atoms with Crippen LogP contribution in [0.2, 0.25) is 0 Å². The molecule has 7 heteroatoms. The van der Waals surface area contributed by atoms with Crippen LogP contribution in [-0.2, 0) is 16.0 Å². The summed E-state index contributed by atoms with van der Waals surface area (Å²) in [7, 11) is 0. The van der Waals surface area contributed by atoms with E-state index in [1.807, 2.05) is 0 Å². The molecule has 0 unspecified atom stereocenters. The molecular weight excluding hydrogens is 226 g/mol. The highest BCUT2D eigenvalue weighted by Crippen LogP contribution is 2.14. The maximum atomic E-state index is 10.6. The van der Waals surface area contributed by atoms with E-state index < -0.39 is 4.92 Å². The van der Waals surface area contributed by atoms with Crippen molar-refractivity contribution >= 4 is 5.95 Å². The fourth-order valence-electron chi connectivity index (χ4n) is 1.77. The summed E-state index contributed by atoms with van der Waals surface area (Å²) in [6, 6.07) is 0. The fourth-order valence-corrected chi connectivity index (χ4v) is 1.77. The van der Waals surface area contributed by atoms with E-state index in [4.69, 9.17) is 9.47 Å². The number of nitro groups is 1. The van der Waals surface area contributed by atoms with Crippen LogP contribution in [0, 0.1) is 10.1 Å². The monoisotopic (exact) mass is 241 g/mol. The number of hydrogen-bond acceptors (Lipinski definition) is 5. The van der Waals surface area contributed by atoms with Crippen LogP contribution in [0.5, 0.6) is 0 Å². The molecule has 1 aliphatic rings. The van der Waals surface area contributed by atoms with Crippen molar-refractivity contribution in [3.8, 4) is 0 Å². The van der Waals surface area contributed by atoms with Gasteiger partial charge in [-0.15, -0.1) is 0 Å². The lowest BCUT2D eigenvalue weighted by atomic mass is 10.2. The fraction of sp³-hybridized carbons (Fsp3) is 0.700. The molecule has 2 rings (SSSR count). The Morgan fingerprint density at radius 3 is 3.24 bits per heavy atom. The van der Waals surface area contributed by atoms with Gasteiger partial charge in [0.1, 0.15) is 12.4 Å². The molecule has 1 aromatic rings. The van der Waals surface area contributed by atoms with Gasteiger partial charge < -0.3 is 19.6 Å². The Hall–Kier alpha value is -1.47. The molecule has 7 nitrogen and oxygen atoms in total. The zero-order chi connectivity index (χ0) is 12.1. The summed E-state index contributed by atoms with van der Waals surface area (Å²) in [4.78, 5) is 13.8. The lowest BCUT2D eigenvalue weighted by Gasteiger charge is -2.22. The molecule has 0 spiro atoms. The van der Waals surface area contributed by atoms with Gasteiger partial charge in [0.2, 0.25) is 0 Å². The van der Waals surface area contributed by atoms with Gasteiger partial charge in [-0.2, -0.15) is 0 Å². The quantitative estimate of drug-likeness (QED) is 0.574. The van der Waals surface area contributed by atoms with Crippen molar-refractivity contribution in [2.24, 2.45) is 0 Å². The molecule has 1 fully saturated rings. The van der Waals surface area contributed by atoms with Gasteiger partial charge >= 0.3 is 5.95 Å². The van der Waals surface area contributed by atoms with E-state index in [1.165, 1.54) is 10.8 Å². The second-order valence-electron chi connectivity index (χ2n) is 3.84. The first kappa shape index (κ1) is 12.0. The molecule has 1 aromatic heterocycles. The standard InChI is InChI=1S/C10H15N3O4/c14-13(15)10-11-4-5-12(10)6-8-17-9-3-1-2-7-16-9/h4-5,9H,1-3,6-8H2/t9-/m1/s1. The van der Waals surface area contributed by atoms with E-state index in [2.05, 4.69) is 4.98 Å². The number of ether oxygens (including phenoxy) is 2. The zero-order valence-corrected chi connectivity index (χ0v) is 9.45. The Bertz CT molecular complexity index is 373. The largest absolute Gasteiger partial charge is 0.434 e. The molecule has 0 bridgehead atoms. The van der Waals surface area contributed by atoms with Crippen LogP contribution in [0.1, 0.15) is 19.3 Å². The molecule has 1 aliphatic heterocycles. The minimum Gasteiger partial charge on any atom is -0.390 e. The smallest absolute Gasteiger partial charge is 0.390 e. The van der Waals surface area contributed by atoms with Gasteiger partial charge in [0.15, 0.2) is 6.29 Å². The second kappa shape index (κ2) is 5.74. The average Bonchev–Trinajstić information content (AvgIpc) is 2.79. The molecule has 2 heterocycles. The van der Waals surface area contributed by atoms with Crippen LogP contribution < -0.4 is 0 Å². The van der Waals surface area contributed by atoms with E-state index >= 15 is 0 Å². The van der Waals surface area contributed by atoms with Crippen molar-refractivity contribution in [3.05, 3.63) is 22.5 Å². The number of imidazole rings is 1. The first-order chi connectivity index (χ1) is 8.27. The van der Waals surface area contributed by atoms with Crippen LogP contribution >= 0.6 is 0 Å². The summed E-state index contributed by atoms with van der Waals surface area (Å²) in [6.07, 6.45) is 5.90. The van der Waals surface area contributed by atoms with Crippen molar-refractivity contribution in [2.45, 2.75) is 32.1 Å². The second-order valence-corrected chi connectivity index (χ2v) is 3.84. The Kier molecular flexibility index (Phi) is 4.05. The number of hydrogen-bond donors (Lipinski definition) is 0. The van der Waals surface area contributed by atoms with Gasteiger partial charge in [-0.1, -0.05) is 4.98 Å². The number of aromatic nitrogens is 2. The molecule has 0 N–H and O–H groups in total. The summed E-state index contributed by atoms with van der Waals surface area (Å²) in [6.45, 7) is 1.54. The van der Waals surface area contributed by atoms with Crippen molar-refractivity contribution in [2.75, 3.05) is 13.2 Å². The predicted octanol–water partition coefficient (Wildman–Crippen LogP) is 1.33. The third kappa shape index (κ3) is 3.24. The highest BCUT2D eigenvalue weighted by Gasteiger charge is 2.16. The van der Waals surface area contributed by atoms with E-state index in [0.29, 0.717) is 13.2 Å². The normalized spacial score (nSPS) is 20.4. The minimum absolute atomic E-state index is 0.154. The lowest BCUT2D eigenvalue weighted by molar-refractivity contribution is -0.396. The highest BCUT2D eigenvalue weighted by molar-refractivity contribution is 5.06. The molecule has 17 heavy (non-hydrogen) atoms. The summed E-state index contributed by atoms with van der Waals surface area (Å²) < 4.78 is 12.4. The first-order valence-electron chi connectivity index (χ1n) is 5.66. The lowest BCUT2D eigenvalue weighted by Crippen LogP contribution is -2.24. The van der Waals surface area contributed by atoms with Crippen molar-refractivity contribution in [1.29, 1.82) is 0 Å². The zero-order valence-electron chi connectivity index (χ0n) is 9.45. The molecule has 1 saturated heterocycles. The average molecular weight is 241 g/mol. The summed E-state index contributed by atoms with van der Waals surface area (Å²) in [5.74, 6) is -0.154. The van der Waals surface area contributed by atoms with Gasteiger partial charge in [-0.25, -0.2) is 4.57 Å². The number of rotatable bonds is 5. The van der Waals surface area contributed by atoms with Crippen LogP contribution in [0.25, 0.3) is 0 Å². The van der Waals surface area contributed by atoms with Gasteiger partial charge in [-0.05, 0) is 24.2 Å². The topological polar surface area (TPSA) is 79.4 Å². The van der Waals surface area contributed by atoms with E-state index in [0.717, 1.165) is 25.9 Å². The molecule has 0 saturated carbocycles. The predicted molar refractivity (Wildman–Crippen MR) is 58.4 cm³/mol. The highest BCUT2D eigenvalue weighted by atomic mass is 16.7. The summed E-state index contributed by atoms with van der Waals surface area (Å²) in [5.41, 5.74) is 0. The Labute approximate surface area is 98.5 Å². The molecule has 0 aromatic carbocycles. The van der Waals surface area contributed by atoms with Crippen LogP contribution in [0.3, 0.4) is 0 Å². The van der Waals surface area contributed by atoms with Gasteiger partial charge in [0.25, 0.3) is 0 Å². The van der Waals surface area contributed by atoms with Crippen molar-refractivity contribution in [1.82, 2.24) is 9.55 Å². The van der Waals surface area contributed by atoms with Gasteiger partial charge in [0, 0.05) is 6.61 Å². The molecule has 1 atom stereocenters. The third-order valence-electron chi connectivity index (χ3n) is 2.63. The van der Waals surface area contributed by atoms with Crippen LogP contribution in [-0.4, -0.2) is 34.0 Å². The SMILES string of the molecule is O=[N+]([O-])c1nccn1CCO[C@@H]1CCCCO1. The molecular formula is C10H15N3O4. The van der Waals surface area contributed by atoms with E-state index in [9.17, 15) is 10.1 Å². The Morgan fingerprint density at radius 2 is 2.53 bits per heavy atom. The van der Waals surface area contributed by atoms with Crippen LogP contribution in [0.15, 0.2) is 12.4 Å². The van der Waals surface area contributed by atoms with Crippen molar-refractivity contribution in [3.63, 3.8) is 0 Å². The van der Waals surface area contributed by atoms with Crippen molar-refractivity contribution < 1.29 is 14.4 Å². The van der Waals surface area contributed by atoms with E-state index in [-0.39, 0.29) is 12.2 Å². The maximum Gasteiger partial charge on any atom is 0.434 e. The molecule has 0 amide bonds. The Balaban J connectivity index is 1.77. The van der Waals surface area contributed by atoms with Gasteiger partial charge in [-0.3, -0.25) is 0 Å². The number of nitrogens with zero attached hydrogens (tertiary/aromatic N) is 3. The Morgan fingerprint density at radius 1 is 1.65 bits per heavy atom. The molecule has 0 aliphatic carbocycles. The first-order valence-corrected chi connectivity index (χ1v) is 5.66. The maximum absolute atomic E-state index is 10.6. The minimum atomic E-state index is -0.503. The molecule has 94 valence electrons. The summed E-state index contributed by atoms with van der Waals surface area (Å²) >= 11 is 0. The van der Waals surface area contributed by atoms with Crippen LogP contribution in [0.4, 0.5) is 5.95 Å². The van der Waals surface area contributed by atoms with E-state index in [1.54, 1.807) is 6.20 Å². The third-order valence-corrected chi connectivity index (χ3v) is 2.63. The van der Waals surface area contributed by atoms with Gasteiger partial charge in [0.05, 0.1) is 13.2 Å².